The van der Waals surface area contributed by atoms with Gasteiger partial charge in [-0.05, 0) is 61.7 Å². The molecule has 3 N–H and O–H groups in total. The van der Waals surface area contributed by atoms with Crippen molar-refractivity contribution < 1.29 is 13.9 Å². The number of carbonyl (C=O) groups excluding carboxylic acids is 1. The van der Waals surface area contributed by atoms with E-state index in [4.69, 9.17) is 22.1 Å². The molecule has 1 aromatic heterocycles. The molecule has 6 nitrogen and oxygen atoms in total. The number of nitrogens with one attached hydrogen (secondary N) is 1. The van der Waals surface area contributed by atoms with Crippen LogP contribution in [0.5, 0.6) is 0 Å². The van der Waals surface area contributed by atoms with E-state index in [9.17, 15) is 9.18 Å². The molecule has 3 atom stereocenters. The Balaban J connectivity index is 1.66. The molecule has 0 spiro atoms. The Morgan fingerprint density at radius 3 is 2.83 bits per heavy atom. The van der Waals surface area contributed by atoms with Crippen LogP contribution in [0, 0.1) is 18.7 Å². The lowest BCUT2D eigenvalue weighted by molar-refractivity contribution is 0.0239. The van der Waals surface area contributed by atoms with Gasteiger partial charge in [0.1, 0.15) is 11.1 Å². The predicted octanol–water partition coefficient (Wildman–Crippen LogP) is 5.10. The first-order valence-corrected chi connectivity index (χ1v) is 10.6. The lowest BCUT2D eigenvalue weighted by Crippen LogP contribution is -2.50. The summed E-state index contributed by atoms with van der Waals surface area (Å²) >= 11 is 9.45. The maximum Gasteiger partial charge on any atom is 0.410 e. The molecule has 3 unspecified atom stereocenters. The molecule has 29 heavy (non-hydrogen) atoms. The number of ether oxygens (including phenoxy) is 1. The van der Waals surface area contributed by atoms with Crippen molar-refractivity contribution >= 4 is 55.9 Å². The van der Waals surface area contributed by atoms with E-state index >= 15 is 0 Å². The number of pyridine rings is 1. The molecule has 2 aliphatic heterocycles. The minimum absolute atomic E-state index is 0.00139. The van der Waals surface area contributed by atoms with Crippen LogP contribution >= 0.6 is 27.5 Å². The minimum atomic E-state index is -0.547. The van der Waals surface area contributed by atoms with E-state index in [1.807, 2.05) is 26.8 Å². The van der Waals surface area contributed by atoms with Crippen molar-refractivity contribution in [2.24, 2.45) is 5.92 Å². The maximum absolute atomic E-state index is 14.8. The summed E-state index contributed by atoms with van der Waals surface area (Å²) in [5.41, 5.74) is 7.37. The maximum atomic E-state index is 14.8. The summed E-state index contributed by atoms with van der Waals surface area (Å²) in [7, 11) is 0. The van der Waals surface area contributed by atoms with Crippen molar-refractivity contribution in [2.75, 3.05) is 17.6 Å². The lowest BCUT2D eigenvalue weighted by atomic mass is 9.79. The predicted molar refractivity (Wildman–Crippen MR) is 116 cm³/mol. The van der Waals surface area contributed by atoms with Gasteiger partial charge >= 0.3 is 6.09 Å². The molecular weight excluding hydrogens is 463 g/mol. The van der Waals surface area contributed by atoms with Gasteiger partial charge in [0.25, 0.3) is 0 Å². The van der Waals surface area contributed by atoms with Crippen LogP contribution in [0.1, 0.15) is 32.8 Å². The van der Waals surface area contributed by atoms with Crippen LogP contribution in [-0.2, 0) is 4.74 Å². The van der Waals surface area contributed by atoms with Crippen LogP contribution in [-0.4, -0.2) is 40.2 Å². The average molecular weight is 486 g/mol. The van der Waals surface area contributed by atoms with Gasteiger partial charge in [0.05, 0.1) is 27.9 Å². The number of halogens is 3. The first-order chi connectivity index (χ1) is 13.5. The Hall–Kier alpha value is -1.80. The highest BCUT2D eigenvalue weighted by Crippen LogP contribution is 2.46. The molecule has 0 radical (unpaired) electrons. The molecule has 2 bridgehead atoms. The number of nitrogen functional groups attached to an aromatic ring is 1. The van der Waals surface area contributed by atoms with E-state index in [1.54, 1.807) is 11.8 Å². The number of fused-ring (bicyclic) bond motifs is 2. The molecule has 1 aliphatic carbocycles. The van der Waals surface area contributed by atoms with Gasteiger partial charge in [0.15, 0.2) is 11.0 Å². The molecule has 156 valence electrons. The van der Waals surface area contributed by atoms with E-state index in [2.05, 4.69) is 26.2 Å². The Morgan fingerprint density at radius 2 is 2.17 bits per heavy atom. The number of nitrogens with two attached hydrogens (primary N) is 1. The number of amides is 1. The minimum Gasteiger partial charge on any atom is -0.444 e. The third-order valence-corrected chi connectivity index (χ3v) is 6.83. The highest BCUT2D eigenvalue weighted by Gasteiger charge is 2.55. The summed E-state index contributed by atoms with van der Waals surface area (Å²) in [4.78, 5) is 18.4. The normalized spacial score (nSPS) is 23.3. The number of hydrogen-bond donors (Lipinski definition) is 2. The highest BCUT2D eigenvalue weighted by molar-refractivity contribution is 9.10. The standard InChI is InChI=1S/C20H23BrClFN4O2/c1-8-5-10-16(13(23)12(8)21)26-18(22)14(24)17(10)25-15-9-6-11(15)27(7-9)19(28)29-20(2,3)4/h5,9,11,15H,6-7,24H2,1-4H3,(H,25,26). The fourth-order valence-corrected chi connectivity index (χ4v) is 4.62. The zero-order valence-electron chi connectivity index (χ0n) is 16.6. The molecular formula is C20H23BrClFN4O2. The molecule has 3 heterocycles. The fraction of sp³-hybridized carbons (Fsp3) is 0.500. The second kappa shape index (κ2) is 6.87. The van der Waals surface area contributed by atoms with Crippen molar-refractivity contribution in [1.82, 2.24) is 9.88 Å². The number of benzene rings is 1. The summed E-state index contributed by atoms with van der Waals surface area (Å²) in [6.07, 6.45) is 0.581. The molecule has 1 saturated carbocycles. The lowest BCUT2D eigenvalue weighted by Gasteiger charge is -2.38. The van der Waals surface area contributed by atoms with Gasteiger partial charge in [-0.15, -0.1) is 0 Å². The van der Waals surface area contributed by atoms with E-state index in [0.717, 1.165) is 12.0 Å². The first kappa shape index (κ1) is 20.5. The van der Waals surface area contributed by atoms with Gasteiger partial charge in [-0.1, -0.05) is 11.6 Å². The number of carbonyl (C=O) groups is 1. The summed E-state index contributed by atoms with van der Waals surface area (Å²) in [6, 6.07) is 1.83. The van der Waals surface area contributed by atoms with Gasteiger partial charge < -0.3 is 20.7 Å². The van der Waals surface area contributed by atoms with Crippen molar-refractivity contribution in [3.63, 3.8) is 0 Å². The molecule has 3 fully saturated rings. The van der Waals surface area contributed by atoms with Crippen LogP contribution in [0.25, 0.3) is 10.9 Å². The van der Waals surface area contributed by atoms with Crippen LogP contribution < -0.4 is 11.1 Å². The smallest absolute Gasteiger partial charge is 0.410 e. The number of anilines is 2. The van der Waals surface area contributed by atoms with E-state index in [-0.39, 0.29) is 40.5 Å². The van der Waals surface area contributed by atoms with E-state index in [0.29, 0.717) is 22.1 Å². The summed E-state index contributed by atoms with van der Waals surface area (Å²) in [5, 5.41) is 4.05. The number of rotatable bonds is 2. The number of aromatic nitrogens is 1. The number of nitrogens with zero attached hydrogens (tertiary/aromatic N) is 2. The van der Waals surface area contributed by atoms with Crippen LogP contribution in [0.2, 0.25) is 5.15 Å². The Morgan fingerprint density at radius 1 is 1.48 bits per heavy atom. The van der Waals surface area contributed by atoms with E-state index < -0.39 is 11.4 Å². The van der Waals surface area contributed by atoms with Gasteiger partial charge in [0, 0.05) is 17.8 Å². The van der Waals surface area contributed by atoms with Crippen molar-refractivity contribution in [2.45, 2.75) is 51.8 Å². The van der Waals surface area contributed by atoms with Gasteiger partial charge in [-0.25, -0.2) is 14.2 Å². The topological polar surface area (TPSA) is 80.5 Å². The first-order valence-electron chi connectivity index (χ1n) is 9.47. The quantitative estimate of drug-likeness (QED) is 0.579. The summed E-state index contributed by atoms with van der Waals surface area (Å²) in [6.45, 7) is 7.97. The zero-order valence-corrected chi connectivity index (χ0v) is 19.0. The fourth-order valence-electron chi connectivity index (χ4n) is 4.14. The largest absolute Gasteiger partial charge is 0.444 e. The van der Waals surface area contributed by atoms with Crippen molar-refractivity contribution in [1.29, 1.82) is 0 Å². The monoisotopic (exact) mass is 484 g/mol. The van der Waals surface area contributed by atoms with Crippen molar-refractivity contribution in [3.8, 4) is 0 Å². The van der Waals surface area contributed by atoms with Gasteiger partial charge in [-0.3, -0.25) is 0 Å². The summed E-state index contributed by atoms with van der Waals surface area (Å²) in [5.74, 6) is -0.202. The molecule has 2 saturated heterocycles. The molecule has 3 aliphatic rings. The second-order valence-corrected chi connectivity index (χ2v) is 9.93. The molecule has 5 rings (SSSR count). The SMILES string of the molecule is Cc1cc2c(NC3C4CC3N(C(=O)OC(C)(C)C)C4)c(N)c(Cl)nc2c(F)c1Br. The third-order valence-electron chi connectivity index (χ3n) is 5.57. The molecule has 9 heteroatoms. The highest BCUT2D eigenvalue weighted by atomic mass is 79.9. The van der Waals surface area contributed by atoms with Crippen molar-refractivity contribution in [3.05, 3.63) is 27.1 Å². The average Bonchev–Trinajstić information content (AvgIpc) is 3.20. The van der Waals surface area contributed by atoms with E-state index in [1.165, 1.54) is 0 Å². The van der Waals surface area contributed by atoms with Crippen LogP contribution in [0.3, 0.4) is 0 Å². The zero-order chi connectivity index (χ0) is 21.2. The van der Waals surface area contributed by atoms with Gasteiger partial charge in [-0.2, -0.15) is 0 Å². The van der Waals surface area contributed by atoms with Gasteiger partial charge in [0.2, 0.25) is 0 Å². The molecule has 2 aromatic rings. The van der Waals surface area contributed by atoms with Crippen LogP contribution in [0.15, 0.2) is 10.5 Å². The Labute approximate surface area is 182 Å². The molecule has 1 amide bonds. The number of hydrogen-bond acceptors (Lipinski definition) is 5. The third kappa shape index (κ3) is 3.40. The Kier molecular flexibility index (Phi) is 4.85. The summed E-state index contributed by atoms with van der Waals surface area (Å²) < 4.78 is 20.6. The second-order valence-electron chi connectivity index (χ2n) is 8.77. The molecule has 1 aromatic carbocycles. The van der Waals surface area contributed by atoms with Crippen LogP contribution in [0.4, 0.5) is 20.6 Å². The number of aryl methyl sites for hydroxylation is 1. The Bertz CT molecular complexity index is 1030.